The second-order valence-corrected chi connectivity index (χ2v) is 7.60. The minimum Gasteiger partial charge on any atom is -0.477 e. The van der Waals surface area contributed by atoms with Crippen molar-refractivity contribution in [3.63, 3.8) is 0 Å². The van der Waals surface area contributed by atoms with Crippen molar-refractivity contribution in [2.45, 2.75) is 31.4 Å². The van der Waals surface area contributed by atoms with Gasteiger partial charge in [-0.15, -0.1) is 0 Å². The molecule has 150 valence electrons. The fourth-order valence-corrected chi connectivity index (χ4v) is 3.51. The first-order valence-electron chi connectivity index (χ1n) is 9.82. The van der Waals surface area contributed by atoms with Crippen LogP contribution in [0.2, 0.25) is 0 Å². The quantitative estimate of drug-likeness (QED) is 0.769. The maximum atomic E-state index is 13.2. The minimum absolute atomic E-state index is 0.00305. The van der Waals surface area contributed by atoms with E-state index in [1.54, 1.807) is 6.20 Å². The summed E-state index contributed by atoms with van der Waals surface area (Å²) < 4.78 is 6.28. The lowest BCUT2D eigenvalue weighted by molar-refractivity contribution is -0.139. The number of amides is 1. The molecule has 0 unspecified atom stereocenters. The van der Waals surface area contributed by atoms with Gasteiger partial charge in [0.25, 0.3) is 5.91 Å². The van der Waals surface area contributed by atoms with Gasteiger partial charge in [-0.05, 0) is 58.4 Å². The first kappa shape index (κ1) is 20.3. The molecule has 1 aliphatic heterocycles. The van der Waals surface area contributed by atoms with Gasteiger partial charge in [-0.2, -0.15) is 0 Å². The molecule has 2 N–H and O–H groups in total. The van der Waals surface area contributed by atoms with Crippen LogP contribution in [0.4, 0.5) is 0 Å². The summed E-state index contributed by atoms with van der Waals surface area (Å²) in [5.41, 5.74) is 1.26. The zero-order chi connectivity index (χ0) is 20.0. The Balaban J connectivity index is 1.73. The van der Waals surface area contributed by atoms with E-state index in [0.717, 1.165) is 24.5 Å². The average molecular weight is 383 g/mol. The van der Waals surface area contributed by atoms with Crippen molar-refractivity contribution in [3.8, 4) is 5.75 Å². The molecule has 0 spiro atoms. The number of carbonyl (C=O) groups is 1. The molecule has 28 heavy (non-hydrogen) atoms. The molecule has 2 heterocycles. The van der Waals surface area contributed by atoms with Crippen LogP contribution < -0.4 is 15.4 Å². The molecule has 1 amide bonds. The third kappa shape index (κ3) is 4.88. The van der Waals surface area contributed by atoms with E-state index in [0.29, 0.717) is 19.4 Å². The van der Waals surface area contributed by atoms with Crippen molar-refractivity contribution < 1.29 is 9.53 Å². The van der Waals surface area contributed by atoms with E-state index in [2.05, 4.69) is 20.5 Å². The Morgan fingerprint density at radius 3 is 2.54 bits per heavy atom. The number of nitrogens with zero attached hydrogens (tertiary/aromatic N) is 2. The Hall–Kier alpha value is -2.44. The average Bonchev–Trinajstić information content (AvgIpc) is 2.71. The summed E-state index contributed by atoms with van der Waals surface area (Å²) in [7, 11) is 3.99. The van der Waals surface area contributed by atoms with E-state index < -0.39 is 5.60 Å². The number of hydrogen-bond donors (Lipinski definition) is 2. The van der Waals surface area contributed by atoms with Crippen molar-refractivity contribution in [2.24, 2.45) is 0 Å². The number of aryl methyl sites for hydroxylation is 1. The molecular weight excluding hydrogens is 352 g/mol. The lowest BCUT2D eigenvalue weighted by atomic mass is 9.90. The van der Waals surface area contributed by atoms with Crippen molar-refractivity contribution in [2.75, 3.05) is 33.7 Å². The molecule has 1 atom stereocenters. The van der Waals surface area contributed by atoms with Crippen LogP contribution in [0.3, 0.4) is 0 Å². The second-order valence-electron chi connectivity index (χ2n) is 7.60. The Morgan fingerprint density at radius 2 is 1.93 bits per heavy atom. The third-order valence-corrected chi connectivity index (χ3v) is 5.27. The van der Waals surface area contributed by atoms with Crippen LogP contribution >= 0.6 is 0 Å². The number of pyridine rings is 1. The fraction of sp³-hybridized carbons (Fsp3) is 0.455. The number of rotatable bonds is 7. The summed E-state index contributed by atoms with van der Waals surface area (Å²) in [4.78, 5) is 19.8. The molecule has 0 radical (unpaired) electrons. The van der Waals surface area contributed by atoms with E-state index in [1.807, 2.05) is 63.5 Å². The van der Waals surface area contributed by atoms with Gasteiger partial charge in [-0.1, -0.05) is 23.8 Å². The normalized spacial score (nSPS) is 17.1. The summed E-state index contributed by atoms with van der Waals surface area (Å²) in [5, 5.41) is 6.45. The summed E-state index contributed by atoms with van der Waals surface area (Å²) in [6.07, 6.45) is 3.06. The van der Waals surface area contributed by atoms with Crippen molar-refractivity contribution in [1.82, 2.24) is 20.5 Å². The van der Waals surface area contributed by atoms with E-state index in [-0.39, 0.29) is 11.9 Å². The molecule has 3 rings (SSSR count). The summed E-state index contributed by atoms with van der Waals surface area (Å²) in [6, 6.07) is 13.7. The van der Waals surface area contributed by atoms with Gasteiger partial charge in [0.1, 0.15) is 5.75 Å². The minimum atomic E-state index is -0.846. The number of likely N-dealkylation sites (N-methyl/N-ethyl adjacent to an activating group) is 1. The van der Waals surface area contributed by atoms with Crippen LogP contribution in [0, 0.1) is 6.92 Å². The van der Waals surface area contributed by atoms with Crippen molar-refractivity contribution in [3.05, 3.63) is 59.9 Å². The second kappa shape index (κ2) is 9.17. The van der Waals surface area contributed by atoms with Crippen LogP contribution in [0.5, 0.6) is 5.75 Å². The summed E-state index contributed by atoms with van der Waals surface area (Å²) >= 11 is 0. The maximum Gasteiger partial charge on any atom is 0.264 e. The predicted molar refractivity (Wildman–Crippen MR) is 110 cm³/mol. The van der Waals surface area contributed by atoms with Gasteiger partial charge in [0, 0.05) is 25.6 Å². The van der Waals surface area contributed by atoms with Gasteiger partial charge in [-0.25, -0.2) is 0 Å². The Morgan fingerprint density at radius 1 is 1.21 bits per heavy atom. The topological polar surface area (TPSA) is 66.5 Å². The van der Waals surface area contributed by atoms with Gasteiger partial charge in [0.2, 0.25) is 0 Å². The van der Waals surface area contributed by atoms with Gasteiger partial charge in [0.15, 0.2) is 5.60 Å². The highest BCUT2D eigenvalue weighted by molar-refractivity contribution is 5.85. The maximum absolute atomic E-state index is 13.2. The molecule has 1 saturated heterocycles. The van der Waals surface area contributed by atoms with Crippen LogP contribution in [-0.4, -0.2) is 55.1 Å². The van der Waals surface area contributed by atoms with Crippen molar-refractivity contribution in [1.29, 1.82) is 0 Å². The highest BCUT2D eigenvalue weighted by Gasteiger charge is 2.42. The highest BCUT2D eigenvalue weighted by atomic mass is 16.5. The molecule has 1 aliphatic rings. The SMILES string of the molecule is Cc1ccc(OC2(C(=O)NC[C@@H](c3ccccn3)N(C)C)CCNCC2)cc1. The Kier molecular flexibility index (Phi) is 6.65. The van der Waals surface area contributed by atoms with Crippen LogP contribution in [0.1, 0.15) is 30.1 Å². The van der Waals surface area contributed by atoms with Gasteiger partial charge < -0.3 is 15.4 Å². The van der Waals surface area contributed by atoms with E-state index in [4.69, 9.17) is 4.74 Å². The molecule has 0 aliphatic carbocycles. The number of ether oxygens (including phenoxy) is 1. The fourth-order valence-electron chi connectivity index (χ4n) is 3.51. The lowest BCUT2D eigenvalue weighted by Gasteiger charge is -2.37. The zero-order valence-corrected chi connectivity index (χ0v) is 16.9. The van der Waals surface area contributed by atoms with Crippen LogP contribution in [0.15, 0.2) is 48.7 Å². The number of aromatic nitrogens is 1. The lowest BCUT2D eigenvalue weighted by Crippen LogP contribution is -2.57. The zero-order valence-electron chi connectivity index (χ0n) is 16.9. The molecule has 6 heteroatoms. The first-order chi connectivity index (χ1) is 13.5. The number of nitrogens with one attached hydrogen (secondary N) is 2. The van der Waals surface area contributed by atoms with Gasteiger partial charge in [-0.3, -0.25) is 14.7 Å². The molecule has 0 bridgehead atoms. The van der Waals surface area contributed by atoms with E-state index >= 15 is 0 Å². The predicted octanol–water partition coefficient (Wildman–Crippen LogP) is 2.31. The van der Waals surface area contributed by atoms with Gasteiger partial charge >= 0.3 is 0 Å². The Bertz CT molecular complexity index is 756. The van der Waals surface area contributed by atoms with E-state index in [1.165, 1.54) is 5.56 Å². The molecule has 1 fully saturated rings. The first-order valence-corrected chi connectivity index (χ1v) is 9.82. The summed E-state index contributed by atoms with van der Waals surface area (Å²) in [6.45, 7) is 4.04. The number of benzene rings is 1. The number of hydrogen-bond acceptors (Lipinski definition) is 5. The standard InChI is InChI=1S/C22H30N4O2/c1-17-7-9-18(10-8-17)28-22(11-14-23-15-12-22)21(27)25-16-20(26(2)3)19-6-4-5-13-24-19/h4-10,13,20,23H,11-12,14-16H2,1-3H3,(H,25,27)/t20-/m0/s1. The monoisotopic (exact) mass is 382 g/mol. The van der Waals surface area contributed by atoms with E-state index in [9.17, 15) is 4.79 Å². The van der Waals surface area contributed by atoms with Crippen molar-refractivity contribution >= 4 is 5.91 Å². The molecular formula is C22H30N4O2. The Labute approximate surface area is 167 Å². The molecule has 2 aromatic rings. The highest BCUT2D eigenvalue weighted by Crippen LogP contribution is 2.27. The van der Waals surface area contributed by atoms with Crippen LogP contribution in [0.25, 0.3) is 0 Å². The number of carbonyl (C=O) groups excluding carboxylic acids is 1. The molecule has 1 aromatic carbocycles. The van der Waals surface area contributed by atoms with Gasteiger partial charge in [0.05, 0.1) is 11.7 Å². The molecule has 1 aromatic heterocycles. The third-order valence-electron chi connectivity index (χ3n) is 5.27. The smallest absolute Gasteiger partial charge is 0.264 e. The number of piperidine rings is 1. The summed E-state index contributed by atoms with van der Waals surface area (Å²) in [5.74, 6) is 0.675. The van der Waals surface area contributed by atoms with Crippen LogP contribution in [-0.2, 0) is 4.79 Å². The molecule has 6 nitrogen and oxygen atoms in total. The molecule has 0 saturated carbocycles. The largest absolute Gasteiger partial charge is 0.477 e.